The number of sulfonamides is 1. The minimum atomic E-state index is -3.52. The summed E-state index contributed by atoms with van der Waals surface area (Å²) in [5.74, 6) is 0.247. The van der Waals surface area contributed by atoms with Gasteiger partial charge in [-0.3, -0.25) is 4.79 Å². The maximum absolute atomic E-state index is 12.7. The first-order valence-electron chi connectivity index (χ1n) is 9.00. The van der Waals surface area contributed by atoms with Gasteiger partial charge in [-0.25, -0.2) is 8.42 Å². The number of halogens is 1. The Morgan fingerprint density at radius 1 is 1.16 bits per heavy atom. The molecule has 1 aliphatic heterocycles. The molecule has 1 aromatic rings. The summed E-state index contributed by atoms with van der Waals surface area (Å²) in [4.78, 5) is 12.9. The minimum absolute atomic E-state index is 0.159. The molecule has 2 atom stereocenters. The van der Waals surface area contributed by atoms with Crippen LogP contribution in [-0.2, 0) is 10.0 Å². The highest BCUT2D eigenvalue weighted by atomic mass is 79.9. The predicted molar refractivity (Wildman–Crippen MR) is 101 cm³/mol. The van der Waals surface area contributed by atoms with E-state index < -0.39 is 10.0 Å². The van der Waals surface area contributed by atoms with Crippen molar-refractivity contribution in [2.45, 2.75) is 56.4 Å². The molecule has 1 N–H and O–H groups in total. The van der Waals surface area contributed by atoms with Crippen LogP contribution in [0.25, 0.3) is 0 Å². The highest BCUT2D eigenvalue weighted by Crippen LogP contribution is 2.27. The van der Waals surface area contributed by atoms with Crippen molar-refractivity contribution in [2.24, 2.45) is 5.92 Å². The molecule has 0 spiro atoms. The number of carbonyl (C=O) groups excluding carboxylic acids is 1. The number of nitrogens with zero attached hydrogens (tertiary/aromatic N) is 1. The second-order valence-corrected chi connectivity index (χ2v) is 9.89. The number of hydrogen-bond donors (Lipinski definition) is 1. The fraction of sp³-hybridized carbons (Fsp3) is 0.611. The van der Waals surface area contributed by atoms with Crippen LogP contribution >= 0.6 is 15.9 Å². The number of nitrogens with one attached hydrogen (secondary N) is 1. The van der Waals surface area contributed by atoms with E-state index in [1.165, 1.54) is 16.8 Å². The standard InChI is InChI=1S/C18H25BrN2O3S/c1-13-6-2-3-7-17(13)20-18(22)15-12-14(8-9-16(15)19)25(23,24)21-10-4-5-11-21/h8-9,12-13,17H,2-7,10-11H2,1H3,(H,20,22)/t13-,17-/m1/s1. The minimum Gasteiger partial charge on any atom is -0.349 e. The fourth-order valence-electron chi connectivity index (χ4n) is 3.69. The van der Waals surface area contributed by atoms with Gasteiger partial charge in [0, 0.05) is 23.6 Å². The van der Waals surface area contributed by atoms with E-state index in [9.17, 15) is 13.2 Å². The second-order valence-electron chi connectivity index (χ2n) is 7.09. The highest BCUT2D eigenvalue weighted by Gasteiger charge is 2.29. The Morgan fingerprint density at radius 3 is 2.52 bits per heavy atom. The first-order chi connectivity index (χ1) is 11.9. The van der Waals surface area contributed by atoms with Crippen LogP contribution in [0.3, 0.4) is 0 Å². The Hall–Kier alpha value is -0.920. The predicted octanol–water partition coefficient (Wildman–Crippen LogP) is 3.54. The van der Waals surface area contributed by atoms with E-state index in [2.05, 4.69) is 28.2 Å². The van der Waals surface area contributed by atoms with Crippen molar-refractivity contribution < 1.29 is 13.2 Å². The van der Waals surface area contributed by atoms with Gasteiger partial charge in [0.15, 0.2) is 0 Å². The third kappa shape index (κ3) is 4.09. The molecule has 5 nitrogen and oxygen atoms in total. The normalized spacial score (nSPS) is 25.0. The van der Waals surface area contributed by atoms with E-state index in [1.54, 1.807) is 12.1 Å². The molecule has 0 radical (unpaired) electrons. The van der Waals surface area contributed by atoms with Crippen molar-refractivity contribution in [3.8, 4) is 0 Å². The lowest BCUT2D eigenvalue weighted by atomic mass is 9.86. The zero-order chi connectivity index (χ0) is 18.0. The van der Waals surface area contributed by atoms with Gasteiger partial charge in [-0.15, -0.1) is 0 Å². The zero-order valence-electron chi connectivity index (χ0n) is 14.5. The van der Waals surface area contributed by atoms with Crippen LogP contribution in [0.2, 0.25) is 0 Å². The maximum Gasteiger partial charge on any atom is 0.252 e. The smallest absolute Gasteiger partial charge is 0.252 e. The molecule has 1 saturated heterocycles. The van der Waals surface area contributed by atoms with E-state index >= 15 is 0 Å². The molecule has 2 fully saturated rings. The summed E-state index contributed by atoms with van der Waals surface area (Å²) in [5, 5.41) is 3.10. The quantitative estimate of drug-likeness (QED) is 0.796. The molecule has 25 heavy (non-hydrogen) atoms. The summed E-state index contributed by atoms with van der Waals surface area (Å²) in [5.41, 5.74) is 0.387. The number of amides is 1. The first-order valence-corrected chi connectivity index (χ1v) is 11.2. The van der Waals surface area contributed by atoms with E-state index in [1.807, 2.05) is 0 Å². The third-order valence-corrected chi connectivity index (χ3v) is 7.90. The van der Waals surface area contributed by atoms with Crippen molar-refractivity contribution >= 4 is 31.9 Å². The molecule has 0 unspecified atom stereocenters. The van der Waals surface area contributed by atoms with Crippen molar-refractivity contribution in [1.82, 2.24) is 9.62 Å². The van der Waals surface area contributed by atoms with Gasteiger partial charge in [0.2, 0.25) is 10.0 Å². The Labute approximate surface area is 158 Å². The Morgan fingerprint density at radius 2 is 1.84 bits per heavy atom. The number of benzene rings is 1. The molecular formula is C18H25BrN2O3S. The summed E-state index contributed by atoms with van der Waals surface area (Å²) in [7, 11) is -3.52. The molecule has 138 valence electrons. The second kappa shape index (κ2) is 7.76. The van der Waals surface area contributed by atoms with Crippen LogP contribution in [0.1, 0.15) is 55.8 Å². The van der Waals surface area contributed by atoms with Gasteiger partial charge in [-0.1, -0.05) is 19.8 Å². The van der Waals surface area contributed by atoms with Crippen LogP contribution in [0, 0.1) is 5.92 Å². The molecule has 1 aromatic carbocycles. The lowest BCUT2D eigenvalue weighted by Gasteiger charge is -2.29. The molecule has 1 aliphatic carbocycles. The van der Waals surface area contributed by atoms with Gasteiger partial charge in [-0.05, 0) is 65.7 Å². The van der Waals surface area contributed by atoms with Crippen LogP contribution in [0.15, 0.2) is 27.6 Å². The third-order valence-electron chi connectivity index (χ3n) is 5.31. The largest absolute Gasteiger partial charge is 0.349 e. The Balaban J connectivity index is 1.82. The maximum atomic E-state index is 12.7. The average Bonchev–Trinajstić information content (AvgIpc) is 3.12. The van der Waals surface area contributed by atoms with Crippen LogP contribution in [-0.4, -0.2) is 37.8 Å². The Bertz CT molecular complexity index is 745. The lowest BCUT2D eigenvalue weighted by molar-refractivity contribution is 0.0909. The topological polar surface area (TPSA) is 66.5 Å². The molecule has 2 aliphatic rings. The van der Waals surface area contributed by atoms with Crippen molar-refractivity contribution in [2.75, 3.05) is 13.1 Å². The molecule has 7 heteroatoms. The van der Waals surface area contributed by atoms with Crippen molar-refractivity contribution in [1.29, 1.82) is 0 Å². The number of hydrogen-bond acceptors (Lipinski definition) is 3. The van der Waals surface area contributed by atoms with Gasteiger partial charge in [-0.2, -0.15) is 4.31 Å². The molecule has 3 rings (SSSR count). The van der Waals surface area contributed by atoms with Crippen molar-refractivity contribution in [3.63, 3.8) is 0 Å². The summed E-state index contributed by atoms with van der Waals surface area (Å²) in [6.07, 6.45) is 6.22. The highest BCUT2D eigenvalue weighted by molar-refractivity contribution is 9.10. The van der Waals surface area contributed by atoms with Crippen LogP contribution in [0.4, 0.5) is 0 Å². The summed E-state index contributed by atoms with van der Waals surface area (Å²) in [6.45, 7) is 3.27. The van der Waals surface area contributed by atoms with E-state index in [-0.39, 0.29) is 16.8 Å². The lowest BCUT2D eigenvalue weighted by Crippen LogP contribution is -2.41. The van der Waals surface area contributed by atoms with Crippen LogP contribution in [0.5, 0.6) is 0 Å². The molecular weight excluding hydrogens is 404 g/mol. The van der Waals surface area contributed by atoms with Gasteiger partial charge < -0.3 is 5.32 Å². The van der Waals surface area contributed by atoms with Gasteiger partial charge in [0.1, 0.15) is 0 Å². The van der Waals surface area contributed by atoms with Gasteiger partial charge in [0.05, 0.1) is 10.5 Å². The monoisotopic (exact) mass is 428 g/mol. The van der Waals surface area contributed by atoms with Gasteiger partial charge in [0.25, 0.3) is 5.91 Å². The van der Waals surface area contributed by atoms with E-state index in [4.69, 9.17) is 0 Å². The SMILES string of the molecule is C[C@@H]1CCCC[C@H]1NC(=O)c1cc(S(=O)(=O)N2CCCC2)ccc1Br. The molecule has 0 bridgehead atoms. The zero-order valence-corrected chi connectivity index (χ0v) is 16.9. The van der Waals surface area contributed by atoms with E-state index in [0.29, 0.717) is 29.0 Å². The summed E-state index contributed by atoms with van der Waals surface area (Å²) in [6, 6.07) is 4.88. The Kier molecular flexibility index (Phi) is 5.85. The molecule has 1 heterocycles. The fourth-order valence-corrected chi connectivity index (χ4v) is 5.66. The van der Waals surface area contributed by atoms with Crippen molar-refractivity contribution in [3.05, 3.63) is 28.2 Å². The molecule has 1 saturated carbocycles. The first kappa shape index (κ1) is 18.9. The van der Waals surface area contributed by atoms with Gasteiger partial charge >= 0.3 is 0 Å². The molecule has 0 aromatic heterocycles. The van der Waals surface area contributed by atoms with Crippen LogP contribution < -0.4 is 5.32 Å². The number of carbonyl (C=O) groups is 1. The summed E-state index contributed by atoms with van der Waals surface area (Å²) >= 11 is 3.39. The number of rotatable bonds is 4. The van der Waals surface area contributed by atoms with E-state index in [0.717, 1.165) is 32.1 Å². The summed E-state index contributed by atoms with van der Waals surface area (Å²) < 4.78 is 27.6. The average molecular weight is 429 g/mol. The molecule has 1 amide bonds.